The minimum atomic E-state index is -0.222. The van der Waals surface area contributed by atoms with Crippen LogP contribution in [-0.4, -0.2) is 24.6 Å². The van der Waals surface area contributed by atoms with Crippen LogP contribution in [0, 0.1) is 0 Å². The van der Waals surface area contributed by atoms with Crippen molar-refractivity contribution in [2.75, 3.05) is 18.6 Å². The second-order valence-electron chi connectivity index (χ2n) is 4.09. The number of aromatic nitrogens is 1. The van der Waals surface area contributed by atoms with E-state index in [0.717, 1.165) is 17.4 Å². The van der Waals surface area contributed by atoms with E-state index in [2.05, 4.69) is 26.7 Å². The highest BCUT2D eigenvalue weighted by atomic mass is 32.1. The molecule has 0 unspecified atom stereocenters. The third-order valence-corrected chi connectivity index (χ3v) is 4.23. The smallest absolute Gasteiger partial charge is 0.311 e. The van der Waals surface area contributed by atoms with Gasteiger partial charge in [-0.05, 0) is 29.3 Å². The molecule has 0 bridgehead atoms. The molecule has 102 valence electrons. The predicted octanol–water partition coefficient (Wildman–Crippen LogP) is 2.95. The summed E-state index contributed by atoms with van der Waals surface area (Å²) in [7, 11) is 2.00. The van der Waals surface area contributed by atoms with Crippen LogP contribution in [0.15, 0.2) is 22.2 Å². The highest BCUT2D eigenvalue weighted by Crippen LogP contribution is 2.22. The van der Waals surface area contributed by atoms with E-state index in [4.69, 9.17) is 4.74 Å². The first-order valence-corrected chi connectivity index (χ1v) is 7.83. The summed E-state index contributed by atoms with van der Waals surface area (Å²) in [6, 6.07) is 2.11. The number of carbonyl (C=O) groups excluding carboxylic acids is 1. The van der Waals surface area contributed by atoms with Crippen molar-refractivity contribution in [3.05, 3.63) is 33.5 Å². The van der Waals surface area contributed by atoms with E-state index in [0.29, 0.717) is 6.61 Å². The Morgan fingerprint density at radius 2 is 2.32 bits per heavy atom. The van der Waals surface area contributed by atoms with Crippen LogP contribution in [0.25, 0.3) is 0 Å². The van der Waals surface area contributed by atoms with Crippen molar-refractivity contribution in [2.45, 2.75) is 19.9 Å². The van der Waals surface area contributed by atoms with Gasteiger partial charge in [0.15, 0.2) is 5.13 Å². The second-order valence-corrected chi connectivity index (χ2v) is 5.71. The molecule has 0 fully saturated rings. The molecule has 0 saturated carbocycles. The molecule has 0 amide bonds. The van der Waals surface area contributed by atoms with Gasteiger partial charge in [-0.2, -0.15) is 11.3 Å². The molecule has 0 aliphatic heterocycles. The predicted molar refractivity (Wildman–Crippen MR) is 78.9 cm³/mol. The van der Waals surface area contributed by atoms with Crippen LogP contribution < -0.4 is 4.90 Å². The monoisotopic (exact) mass is 296 g/mol. The second kappa shape index (κ2) is 6.68. The van der Waals surface area contributed by atoms with E-state index in [-0.39, 0.29) is 12.4 Å². The van der Waals surface area contributed by atoms with Gasteiger partial charge >= 0.3 is 5.97 Å². The normalized spacial score (nSPS) is 10.4. The van der Waals surface area contributed by atoms with Crippen molar-refractivity contribution < 1.29 is 9.53 Å². The number of hydrogen-bond donors (Lipinski definition) is 0. The molecule has 2 aromatic heterocycles. The highest BCUT2D eigenvalue weighted by molar-refractivity contribution is 7.13. The number of carbonyl (C=O) groups is 1. The van der Waals surface area contributed by atoms with Gasteiger partial charge < -0.3 is 9.64 Å². The Kier molecular flexibility index (Phi) is 4.93. The molecule has 0 aliphatic carbocycles. The third-order valence-electron chi connectivity index (χ3n) is 2.50. The van der Waals surface area contributed by atoms with Gasteiger partial charge in [0.05, 0.1) is 18.7 Å². The molecular formula is C13H16N2O2S2. The van der Waals surface area contributed by atoms with Crippen LogP contribution in [0.5, 0.6) is 0 Å². The lowest BCUT2D eigenvalue weighted by Crippen LogP contribution is -2.16. The fourth-order valence-corrected chi connectivity index (χ4v) is 3.09. The van der Waals surface area contributed by atoms with Crippen molar-refractivity contribution in [3.8, 4) is 0 Å². The first-order valence-electron chi connectivity index (χ1n) is 6.01. The zero-order valence-electron chi connectivity index (χ0n) is 11.0. The van der Waals surface area contributed by atoms with Crippen molar-refractivity contribution in [1.82, 2.24) is 4.98 Å². The Hall–Kier alpha value is -1.40. The number of anilines is 1. The molecule has 6 heteroatoms. The Bertz CT molecular complexity index is 522. The largest absolute Gasteiger partial charge is 0.466 e. The minimum Gasteiger partial charge on any atom is -0.466 e. The molecule has 4 nitrogen and oxygen atoms in total. The average Bonchev–Trinajstić information content (AvgIpc) is 3.00. The summed E-state index contributed by atoms with van der Waals surface area (Å²) in [5.41, 5.74) is 2.05. The van der Waals surface area contributed by atoms with E-state index in [1.807, 2.05) is 12.4 Å². The zero-order valence-corrected chi connectivity index (χ0v) is 12.6. The lowest BCUT2D eigenvalue weighted by molar-refractivity contribution is -0.142. The van der Waals surface area contributed by atoms with E-state index in [1.165, 1.54) is 5.56 Å². The molecule has 2 aromatic rings. The molecule has 0 aromatic carbocycles. The van der Waals surface area contributed by atoms with Crippen molar-refractivity contribution in [1.29, 1.82) is 0 Å². The summed E-state index contributed by atoms with van der Waals surface area (Å²) in [5.74, 6) is -0.222. The number of rotatable bonds is 6. The zero-order chi connectivity index (χ0) is 13.7. The highest BCUT2D eigenvalue weighted by Gasteiger charge is 2.11. The van der Waals surface area contributed by atoms with Gasteiger partial charge in [-0.25, -0.2) is 4.98 Å². The van der Waals surface area contributed by atoms with Crippen LogP contribution in [-0.2, 0) is 22.5 Å². The Morgan fingerprint density at radius 1 is 1.47 bits per heavy atom. The number of hydrogen-bond acceptors (Lipinski definition) is 6. The van der Waals surface area contributed by atoms with E-state index >= 15 is 0 Å². The Balaban J connectivity index is 1.94. The lowest BCUT2D eigenvalue weighted by atomic mass is 10.3. The maximum absolute atomic E-state index is 11.4. The fraction of sp³-hybridized carbons (Fsp3) is 0.385. The number of ether oxygens (including phenoxy) is 1. The van der Waals surface area contributed by atoms with E-state index < -0.39 is 0 Å². The van der Waals surface area contributed by atoms with E-state index in [1.54, 1.807) is 29.6 Å². The van der Waals surface area contributed by atoms with Gasteiger partial charge in [0.2, 0.25) is 0 Å². The molecule has 0 spiro atoms. The minimum absolute atomic E-state index is 0.222. The van der Waals surface area contributed by atoms with Crippen LogP contribution in [0.2, 0.25) is 0 Å². The summed E-state index contributed by atoms with van der Waals surface area (Å²) in [5, 5.41) is 7.03. The van der Waals surface area contributed by atoms with Crippen molar-refractivity contribution in [2.24, 2.45) is 0 Å². The van der Waals surface area contributed by atoms with Gasteiger partial charge in [-0.15, -0.1) is 11.3 Å². The number of thiazole rings is 1. The summed E-state index contributed by atoms with van der Waals surface area (Å²) in [6.07, 6.45) is 0.247. The molecule has 0 saturated heterocycles. The molecular weight excluding hydrogens is 280 g/mol. The third kappa shape index (κ3) is 4.04. The summed E-state index contributed by atoms with van der Waals surface area (Å²) < 4.78 is 4.91. The quantitative estimate of drug-likeness (QED) is 0.769. The SMILES string of the molecule is CCOC(=O)Cc1csc(N(C)Cc2ccsc2)n1. The summed E-state index contributed by atoms with van der Waals surface area (Å²) >= 11 is 3.24. The number of esters is 1. The summed E-state index contributed by atoms with van der Waals surface area (Å²) in [6.45, 7) is 3.04. The molecule has 0 radical (unpaired) electrons. The molecule has 19 heavy (non-hydrogen) atoms. The van der Waals surface area contributed by atoms with Crippen LogP contribution in [0.4, 0.5) is 5.13 Å². The lowest BCUT2D eigenvalue weighted by Gasteiger charge is -2.14. The Morgan fingerprint density at radius 3 is 3.00 bits per heavy atom. The van der Waals surface area contributed by atoms with Gasteiger partial charge in [0, 0.05) is 19.0 Å². The van der Waals surface area contributed by atoms with Gasteiger partial charge in [0.1, 0.15) is 0 Å². The molecule has 2 rings (SSSR count). The average molecular weight is 296 g/mol. The molecule has 0 aliphatic rings. The van der Waals surface area contributed by atoms with E-state index in [9.17, 15) is 4.79 Å². The van der Waals surface area contributed by atoms with Crippen LogP contribution in [0.1, 0.15) is 18.2 Å². The van der Waals surface area contributed by atoms with Gasteiger partial charge in [-0.1, -0.05) is 0 Å². The van der Waals surface area contributed by atoms with Crippen molar-refractivity contribution in [3.63, 3.8) is 0 Å². The molecule has 0 atom stereocenters. The van der Waals surface area contributed by atoms with Crippen molar-refractivity contribution >= 4 is 33.8 Å². The topological polar surface area (TPSA) is 42.4 Å². The number of thiophene rings is 1. The first kappa shape index (κ1) is 14.0. The standard InChI is InChI=1S/C13H16N2O2S2/c1-3-17-12(16)6-11-9-19-13(14-11)15(2)7-10-4-5-18-8-10/h4-5,8-9H,3,6-7H2,1-2H3. The van der Waals surface area contributed by atoms with Crippen LogP contribution in [0.3, 0.4) is 0 Å². The maximum Gasteiger partial charge on any atom is 0.311 e. The van der Waals surface area contributed by atoms with Gasteiger partial charge in [-0.3, -0.25) is 4.79 Å². The molecule has 0 N–H and O–H groups in total. The Labute approximate surface area is 120 Å². The maximum atomic E-state index is 11.4. The molecule has 2 heterocycles. The fourth-order valence-electron chi connectivity index (χ4n) is 1.64. The first-order chi connectivity index (χ1) is 9.19. The number of nitrogens with zero attached hydrogens (tertiary/aromatic N) is 2. The summed E-state index contributed by atoms with van der Waals surface area (Å²) in [4.78, 5) is 17.9. The van der Waals surface area contributed by atoms with Gasteiger partial charge in [0.25, 0.3) is 0 Å². The van der Waals surface area contributed by atoms with Crippen LogP contribution >= 0.6 is 22.7 Å².